The molecule has 0 bridgehead atoms. The Morgan fingerprint density at radius 2 is 1.53 bits per heavy atom. The third-order valence-corrected chi connectivity index (χ3v) is 3.43. The van der Waals surface area contributed by atoms with Crippen molar-refractivity contribution >= 4 is 23.3 Å². The normalized spacial score (nSPS) is 17.8. The fraction of sp³-hybridized carbons (Fsp3) is 0.0667. The van der Waals surface area contributed by atoms with Crippen LogP contribution in [0, 0.1) is 0 Å². The van der Waals surface area contributed by atoms with Gasteiger partial charge in [0.1, 0.15) is 6.04 Å². The molecular weight excluding hydrogens is 262 g/mol. The maximum absolute atomic E-state index is 12.4. The van der Waals surface area contributed by atoms with Crippen molar-refractivity contribution in [2.75, 3.05) is 0 Å². The van der Waals surface area contributed by atoms with E-state index in [9.17, 15) is 9.59 Å². The largest absolute Gasteiger partial charge is 0.338 e. The molecule has 2 aromatic carbocycles. The molecule has 3 rings (SSSR count). The first-order valence-corrected chi connectivity index (χ1v) is 6.24. The lowest BCUT2D eigenvalue weighted by Crippen LogP contribution is -2.39. The number of ketones is 1. The van der Waals surface area contributed by atoms with Crippen molar-refractivity contribution in [2.24, 2.45) is 0 Å². The molecule has 1 atom stereocenters. The predicted molar refractivity (Wildman–Crippen MR) is 72.4 cm³/mol. The summed E-state index contributed by atoms with van der Waals surface area (Å²) >= 11 is 5.82. The number of hydrogen-bond donors (Lipinski definition) is 1. The van der Waals surface area contributed by atoms with Crippen LogP contribution < -0.4 is 5.32 Å². The van der Waals surface area contributed by atoms with Crippen LogP contribution in [0.3, 0.4) is 0 Å². The van der Waals surface area contributed by atoms with Gasteiger partial charge in [0, 0.05) is 10.6 Å². The monoisotopic (exact) mass is 271 g/mol. The number of carbonyl (C=O) groups is 2. The van der Waals surface area contributed by atoms with E-state index in [4.69, 9.17) is 11.6 Å². The molecule has 1 aliphatic rings. The molecule has 2 aromatic rings. The Bertz CT molecular complexity index is 664. The average Bonchev–Trinajstić information content (AvgIpc) is 2.44. The number of Topliss-reactive ketones (excluding diaryl/α,β-unsaturated/α-hetero) is 1. The van der Waals surface area contributed by atoms with E-state index in [1.54, 1.807) is 48.5 Å². The van der Waals surface area contributed by atoms with E-state index in [0.717, 1.165) is 5.56 Å². The van der Waals surface area contributed by atoms with Crippen molar-refractivity contribution in [1.82, 2.24) is 5.32 Å². The zero-order valence-corrected chi connectivity index (χ0v) is 10.6. The summed E-state index contributed by atoms with van der Waals surface area (Å²) in [7, 11) is 0. The van der Waals surface area contributed by atoms with Gasteiger partial charge in [-0.15, -0.1) is 0 Å². The van der Waals surface area contributed by atoms with Crippen LogP contribution in [0.1, 0.15) is 32.3 Å². The summed E-state index contributed by atoms with van der Waals surface area (Å²) in [6.45, 7) is 0. The highest BCUT2D eigenvalue weighted by molar-refractivity contribution is 6.30. The van der Waals surface area contributed by atoms with Gasteiger partial charge < -0.3 is 5.32 Å². The van der Waals surface area contributed by atoms with Gasteiger partial charge in [0.25, 0.3) is 5.91 Å². The van der Waals surface area contributed by atoms with Crippen molar-refractivity contribution in [3.63, 3.8) is 0 Å². The van der Waals surface area contributed by atoms with E-state index in [2.05, 4.69) is 5.32 Å². The Labute approximate surface area is 115 Å². The maximum atomic E-state index is 12.4. The minimum absolute atomic E-state index is 0.0995. The van der Waals surface area contributed by atoms with E-state index >= 15 is 0 Å². The van der Waals surface area contributed by atoms with Gasteiger partial charge in [0.2, 0.25) is 0 Å². The zero-order valence-electron chi connectivity index (χ0n) is 9.89. The summed E-state index contributed by atoms with van der Waals surface area (Å²) in [5.41, 5.74) is 1.63. The van der Waals surface area contributed by atoms with Crippen LogP contribution in [-0.2, 0) is 0 Å². The van der Waals surface area contributed by atoms with E-state index in [-0.39, 0.29) is 11.7 Å². The number of halogens is 1. The molecule has 0 saturated heterocycles. The van der Waals surface area contributed by atoms with Gasteiger partial charge >= 0.3 is 0 Å². The van der Waals surface area contributed by atoms with Crippen LogP contribution in [0.5, 0.6) is 0 Å². The first-order valence-electron chi connectivity index (χ1n) is 5.86. The molecule has 4 heteroatoms. The number of nitrogens with one attached hydrogen (secondary N) is 1. The smallest absolute Gasteiger partial charge is 0.252 e. The lowest BCUT2D eigenvalue weighted by Gasteiger charge is -2.24. The van der Waals surface area contributed by atoms with Gasteiger partial charge in [0.05, 0.1) is 5.56 Å². The van der Waals surface area contributed by atoms with Gasteiger partial charge in [-0.2, -0.15) is 0 Å². The Morgan fingerprint density at radius 3 is 2.21 bits per heavy atom. The Hall–Kier alpha value is -2.13. The van der Waals surface area contributed by atoms with Crippen LogP contribution in [0.15, 0.2) is 48.5 Å². The maximum Gasteiger partial charge on any atom is 0.252 e. The molecule has 0 aliphatic carbocycles. The number of fused-ring (bicyclic) bond motifs is 1. The van der Waals surface area contributed by atoms with E-state index < -0.39 is 6.04 Å². The fourth-order valence-corrected chi connectivity index (χ4v) is 2.34. The third kappa shape index (κ3) is 2.02. The fourth-order valence-electron chi connectivity index (χ4n) is 2.22. The molecular formula is C15H10ClNO2. The van der Waals surface area contributed by atoms with Gasteiger partial charge in [-0.25, -0.2) is 0 Å². The van der Waals surface area contributed by atoms with Crippen LogP contribution in [0.2, 0.25) is 5.02 Å². The predicted octanol–water partition coefficient (Wildman–Crippen LogP) is 3.01. The SMILES string of the molecule is O=C1NC(c2ccc(Cl)cc2)C(=O)c2ccccc21. The molecule has 94 valence electrons. The van der Waals surface area contributed by atoms with Gasteiger partial charge in [-0.3, -0.25) is 9.59 Å². The number of hydrogen-bond acceptors (Lipinski definition) is 2. The quantitative estimate of drug-likeness (QED) is 0.867. The molecule has 0 spiro atoms. The van der Waals surface area contributed by atoms with Crippen LogP contribution in [-0.4, -0.2) is 11.7 Å². The summed E-state index contributed by atoms with van der Waals surface area (Å²) in [5.74, 6) is -0.326. The van der Waals surface area contributed by atoms with Crippen molar-refractivity contribution in [2.45, 2.75) is 6.04 Å². The summed E-state index contributed by atoms with van der Waals surface area (Å²) in [6.07, 6.45) is 0. The second-order valence-corrected chi connectivity index (χ2v) is 4.80. The van der Waals surface area contributed by atoms with Crippen molar-refractivity contribution < 1.29 is 9.59 Å². The highest BCUT2D eigenvalue weighted by Gasteiger charge is 2.32. The van der Waals surface area contributed by atoms with E-state index in [1.807, 2.05) is 0 Å². The number of rotatable bonds is 1. The lowest BCUT2D eigenvalue weighted by atomic mass is 9.90. The number of amides is 1. The highest BCUT2D eigenvalue weighted by atomic mass is 35.5. The second-order valence-electron chi connectivity index (χ2n) is 4.37. The minimum Gasteiger partial charge on any atom is -0.338 e. The van der Waals surface area contributed by atoms with Gasteiger partial charge in [0.15, 0.2) is 5.78 Å². The molecule has 3 nitrogen and oxygen atoms in total. The summed E-state index contributed by atoms with van der Waals surface area (Å²) < 4.78 is 0. The van der Waals surface area contributed by atoms with Gasteiger partial charge in [-0.05, 0) is 23.8 Å². The van der Waals surface area contributed by atoms with Gasteiger partial charge in [-0.1, -0.05) is 41.9 Å². The first kappa shape index (κ1) is 11.9. The van der Waals surface area contributed by atoms with Crippen molar-refractivity contribution in [3.05, 3.63) is 70.2 Å². The van der Waals surface area contributed by atoms with Crippen molar-refractivity contribution in [1.29, 1.82) is 0 Å². The first-order chi connectivity index (χ1) is 9.16. The molecule has 1 N–H and O–H groups in total. The Balaban J connectivity index is 2.05. The summed E-state index contributed by atoms with van der Waals surface area (Å²) in [5, 5.41) is 3.32. The molecule has 19 heavy (non-hydrogen) atoms. The van der Waals surface area contributed by atoms with E-state index in [0.29, 0.717) is 16.1 Å². The Kier molecular flexibility index (Phi) is 2.84. The molecule has 0 radical (unpaired) electrons. The lowest BCUT2D eigenvalue weighted by molar-refractivity contribution is 0.0828. The average molecular weight is 272 g/mol. The highest BCUT2D eigenvalue weighted by Crippen LogP contribution is 2.26. The van der Waals surface area contributed by atoms with Crippen LogP contribution in [0.4, 0.5) is 0 Å². The van der Waals surface area contributed by atoms with E-state index in [1.165, 1.54) is 0 Å². The molecule has 1 amide bonds. The molecule has 0 aromatic heterocycles. The van der Waals surface area contributed by atoms with Crippen molar-refractivity contribution in [3.8, 4) is 0 Å². The second kappa shape index (κ2) is 4.52. The summed E-state index contributed by atoms with van der Waals surface area (Å²) in [6, 6.07) is 13.1. The standard InChI is InChI=1S/C15H10ClNO2/c16-10-7-5-9(6-8-10)13-14(18)11-3-1-2-4-12(11)15(19)17-13/h1-8,13H,(H,17,19). The molecule has 0 saturated carbocycles. The topological polar surface area (TPSA) is 46.2 Å². The van der Waals surface area contributed by atoms with Crippen LogP contribution in [0.25, 0.3) is 0 Å². The molecule has 1 unspecified atom stereocenters. The number of benzene rings is 2. The van der Waals surface area contributed by atoms with Crippen LogP contribution >= 0.6 is 11.6 Å². The number of carbonyl (C=O) groups excluding carboxylic acids is 2. The molecule has 0 fully saturated rings. The summed E-state index contributed by atoms with van der Waals surface area (Å²) in [4.78, 5) is 24.4. The molecule has 1 heterocycles. The molecule has 1 aliphatic heterocycles. The Morgan fingerprint density at radius 1 is 0.895 bits per heavy atom. The zero-order chi connectivity index (χ0) is 13.4. The minimum atomic E-state index is -0.639. The third-order valence-electron chi connectivity index (χ3n) is 3.18.